The van der Waals surface area contributed by atoms with Crippen molar-refractivity contribution in [3.63, 3.8) is 0 Å². The van der Waals surface area contributed by atoms with E-state index in [0.717, 1.165) is 28.6 Å². The van der Waals surface area contributed by atoms with Crippen molar-refractivity contribution in [1.29, 1.82) is 0 Å². The Labute approximate surface area is 156 Å². The van der Waals surface area contributed by atoms with Gasteiger partial charge in [-0.05, 0) is 31.5 Å². The van der Waals surface area contributed by atoms with Gasteiger partial charge in [0.2, 0.25) is 0 Å². The molecule has 1 aromatic heterocycles. The van der Waals surface area contributed by atoms with Crippen LogP contribution in [0.25, 0.3) is 5.69 Å². The molecule has 6 heteroatoms. The van der Waals surface area contributed by atoms with E-state index in [-0.39, 0.29) is 24.0 Å². The molecule has 0 fully saturated rings. The van der Waals surface area contributed by atoms with E-state index < -0.39 is 0 Å². The molecule has 0 atom stereocenters. The number of aliphatic imine (C=N–C) groups is 1. The van der Waals surface area contributed by atoms with Gasteiger partial charge in [0, 0.05) is 33.9 Å². The predicted molar refractivity (Wildman–Crippen MR) is 107 cm³/mol. The zero-order valence-electron chi connectivity index (χ0n) is 14.7. The van der Waals surface area contributed by atoms with E-state index in [1.54, 1.807) is 0 Å². The van der Waals surface area contributed by atoms with E-state index in [1.807, 2.05) is 61.7 Å². The van der Waals surface area contributed by atoms with Crippen LogP contribution in [0.5, 0.6) is 0 Å². The molecule has 2 aromatic rings. The molecule has 1 heterocycles. The number of para-hydroxylation sites is 1. The van der Waals surface area contributed by atoms with Crippen LogP contribution in [0.1, 0.15) is 17.0 Å². The lowest BCUT2D eigenvalue weighted by atomic mass is 10.2. The molecule has 0 spiro atoms. The van der Waals surface area contributed by atoms with Crippen molar-refractivity contribution in [2.24, 2.45) is 4.99 Å². The highest BCUT2D eigenvalue weighted by Gasteiger charge is 2.09. The summed E-state index contributed by atoms with van der Waals surface area (Å²) < 4.78 is 1.99. The Balaban J connectivity index is 0.00000264. The number of hydrogen-bond donors (Lipinski definition) is 0. The SMILES string of the molecule is Cc1cc(C)n(-c2ccccc2CN=C(N(C)C)N(C)C)n1.I. The Kier molecular flexibility index (Phi) is 7.05. The third kappa shape index (κ3) is 4.70. The third-order valence-corrected chi connectivity index (χ3v) is 3.42. The first-order chi connectivity index (χ1) is 10.4. The third-order valence-electron chi connectivity index (χ3n) is 3.42. The molecular weight excluding hydrogens is 401 g/mol. The molecule has 5 nitrogen and oxygen atoms in total. The Bertz CT molecular complexity index is 663. The molecule has 1 aromatic carbocycles. The second-order valence-electron chi connectivity index (χ2n) is 5.87. The predicted octanol–water partition coefficient (Wildman–Crippen LogP) is 3.09. The van der Waals surface area contributed by atoms with Crippen LogP contribution in [0.15, 0.2) is 35.3 Å². The molecule has 0 amide bonds. The summed E-state index contributed by atoms with van der Waals surface area (Å²) in [5.74, 6) is 0.947. The van der Waals surface area contributed by atoms with Gasteiger partial charge < -0.3 is 9.80 Å². The van der Waals surface area contributed by atoms with E-state index in [2.05, 4.69) is 30.2 Å². The second-order valence-corrected chi connectivity index (χ2v) is 5.87. The average molecular weight is 427 g/mol. The van der Waals surface area contributed by atoms with E-state index in [9.17, 15) is 0 Å². The number of guanidine groups is 1. The lowest BCUT2D eigenvalue weighted by Gasteiger charge is -2.22. The number of hydrogen-bond acceptors (Lipinski definition) is 2. The fourth-order valence-electron chi connectivity index (χ4n) is 2.56. The fraction of sp³-hybridized carbons (Fsp3) is 0.412. The summed E-state index contributed by atoms with van der Waals surface area (Å²) in [5.41, 5.74) is 4.41. The van der Waals surface area contributed by atoms with Crippen molar-refractivity contribution < 1.29 is 0 Å². The summed E-state index contributed by atoms with van der Waals surface area (Å²) in [6, 6.07) is 10.4. The van der Waals surface area contributed by atoms with Gasteiger partial charge in [0.15, 0.2) is 5.96 Å². The van der Waals surface area contributed by atoms with Crippen LogP contribution in [-0.2, 0) is 6.54 Å². The van der Waals surface area contributed by atoms with Crippen LogP contribution in [0.2, 0.25) is 0 Å². The number of rotatable bonds is 3. The summed E-state index contributed by atoms with van der Waals surface area (Å²) in [4.78, 5) is 8.78. The Morgan fingerprint density at radius 1 is 1.09 bits per heavy atom. The van der Waals surface area contributed by atoms with Gasteiger partial charge in [0.1, 0.15) is 0 Å². The van der Waals surface area contributed by atoms with Crippen molar-refractivity contribution in [1.82, 2.24) is 19.6 Å². The monoisotopic (exact) mass is 427 g/mol. The summed E-state index contributed by atoms with van der Waals surface area (Å²) in [7, 11) is 8.02. The summed E-state index contributed by atoms with van der Waals surface area (Å²) in [6.45, 7) is 4.71. The first-order valence-corrected chi connectivity index (χ1v) is 7.40. The number of halogens is 1. The topological polar surface area (TPSA) is 36.7 Å². The molecule has 2 rings (SSSR count). The minimum atomic E-state index is 0. The lowest BCUT2D eigenvalue weighted by Crippen LogP contribution is -2.35. The smallest absolute Gasteiger partial charge is 0.195 e. The zero-order chi connectivity index (χ0) is 16.3. The second kappa shape index (κ2) is 8.33. The number of benzene rings is 1. The highest BCUT2D eigenvalue weighted by Crippen LogP contribution is 2.18. The van der Waals surface area contributed by atoms with Crippen LogP contribution in [0.4, 0.5) is 0 Å². The lowest BCUT2D eigenvalue weighted by molar-refractivity contribution is 0.479. The Hall–Kier alpha value is -1.57. The van der Waals surface area contributed by atoms with Crippen molar-refractivity contribution in [2.45, 2.75) is 20.4 Å². The maximum absolute atomic E-state index is 4.74. The molecule has 0 saturated carbocycles. The Morgan fingerprint density at radius 2 is 1.70 bits per heavy atom. The molecule has 0 unspecified atom stereocenters. The molecule has 126 valence electrons. The van der Waals surface area contributed by atoms with E-state index in [4.69, 9.17) is 4.99 Å². The Morgan fingerprint density at radius 3 is 2.22 bits per heavy atom. The molecule has 0 aliphatic carbocycles. The van der Waals surface area contributed by atoms with Crippen LogP contribution in [0.3, 0.4) is 0 Å². The average Bonchev–Trinajstić information content (AvgIpc) is 2.77. The summed E-state index contributed by atoms with van der Waals surface area (Å²) in [5, 5.41) is 4.59. The van der Waals surface area contributed by atoms with Gasteiger partial charge in [0.25, 0.3) is 0 Å². The van der Waals surface area contributed by atoms with Gasteiger partial charge in [-0.2, -0.15) is 5.10 Å². The van der Waals surface area contributed by atoms with Gasteiger partial charge in [0.05, 0.1) is 17.9 Å². The van der Waals surface area contributed by atoms with Crippen molar-refractivity contribution >= 4 is 29.9 Å². The van der Waals surface area contributed by atoms with Crippen LogP contribution < -0.4 is 0 Å². The summed E-state index contributed by atoms with van der Waals surface area (Å²) in [6.07, 6.45) is 0. The van der Waals surface area contributed by atoms with Crippen LogP contribution >= 0.6 is 24.0 Å². The van der Waals surface area contributed by atoms with Gasteiger partial charge in [-0.1, -0.05) is 18.2 Å². The zero-order valence-corrected chi connectivity index (χ0v) is 17.1. The molecule has 0 saturated heterocycles. The van der Waals surface area contributed by atoms with E-state index >= 15 is 0 Å². The highest BCUT2D eigenvalue weighted by atomic mass is 127. The minimum absolute atomic E-state index is 0. The molecule has 0 radical (unpaired) electrons. The number of aromatic nitrogens is 2. The van der Waals surface area contributed by atoms with E-state index in [1.165, 1.54) is 0 Å². The number of aryl methyl sites for hydroxylation is 2. The standard InChI is InChI=1S/C17H25N5.HI/c1-13-11-14(2)22(19-13)16-10-8-7-9-15(16)12-18-17(20(3)4)21(5)6;/h7-11H,12H2,1-6H3;1H. The molecule has 23 heavy (non-hydrogen) atoms. The van der Waals surface area contributed by atoms with Gasteiger partial charge in [-0.15, -0.1) is 24.0 Å². The summed E-state index contributed by atoms with van der Waals surface area (Å²) >= 11 is 0. The highest BCUT2D eigenvalue weighted by molar-refractivity contribution is 14.0. The van der Waals surface area contributed by atoms with E-state index in [0.29, 0.717) is 6.54 Å². The molecule has 0 N–H and O–H groups in total. The van der Waals surface area contributed by atoms with Crippen LogP contribution in [0, 0.1) is 13.8 Å². The minimum Gasteiger partial charge on any atom is -0.349 e. The largest absolute Gasteiger partial charge is 0.349 e. The van der Waals surface area contributed by atoms with Gasteiger partial charge >= 0.3 is 0 Å². The van der Waals surface area contributed by atoms with Crippen molar-refractivity contribution in [3.8, 4) is 5.69 Å². The molecule has 0 aliphatic heterocycles. The number of nitrogens with zero attached hydrogens (tertiary/aromatic N) is 5. The quantitative estimate of drug-likeness (QED) is 0.429. The molecule has 0 aliphatic rings. The first-order valence-electron chi connectivity index (χ1n) is 7.40. The first kappa shape index (κ1) is 19.5. The normalized spacial score (nSPS) is 10.0. The van der Waals surface area contributed by atoms with Crippen molar-refractivity contribution in [2.75, 3.05) is 28.2 Å². The van der Waals surface area contributed by atoms with Crippen LogP contribution in [-0.4, -0.2) is 53.7 Å². The van der Waals surface area contributed by atoms with Gasteiger partial charge in [-0.25, -0.2) is 9.67 Å². The maximum atomic E-state index is 4.74. The molecule has 0 bridgehead atoms. The fourth-order valence-corrected chi connectivity index (χ4v) is 2.56. The van der Waals surface area contributed by atoms with Crippen molar-refractivity contribution in [3.05, 3.63) is 47.3 Å². The maximum Gasteiger partial charge on any atom is 0.195 e. The molecular formula is C17H26IN5. The van der Waals surface area contributed by atoms with Gasteiger partial charge in [-0.3, -0.25) is 0 Å².